The Kier molecular flexibility index (Phi) is 5.36. The molecule has 0 spiro atoms. The third-order valence-corrected chi connectivity index (χ3v) is 2.85. The molecule has 106 valence electrons. The minimum Gasteiger partial charge on any atom is -0.496 e. The molecule has 1 N–H and O–H groups in total. The second-order valence-electron chi connectivity index (χ2n) is 5.37. The first-order valence-electron chi connectivity index (χ1n) is 6.42. The maximum absolute atomic E-state index is 12.0. The Morgan fingerprint density at radius 2 is 2.00 bits per heavy atom. The van der Waals surface area contributed by atoms with Crippen molar-refractivity contribution < 1.29 is 14.6 Å². The summed E-state index contributed by atoms with van der Waals surface area (Å²) in [6, 6.07) is 7.69. The number of para-hydroxylation sites is 1. The highest BCUT2D eigenvalue weighted by atomic mass is 16.5. The molecular formula is C15H23NO3. The lowest BCUT2D eigenvalue weighted by Gasteiger charge is -2.25. The molecule has 4 nitrogen and oxygen atoms in total. The molecule has 0 aliphatic heterocycles. The Balaban J connectivity index is 2.54. The first-order valence-corrected chi connectivity index (χ1v) is 6.42. The summed E-state index contributed by atoms with van der Waals surface area (Å²) < 4.78 is 5.25. The number of hydrogen-bond acceptors (Lipinski definition) is 3. The van der Waals surface area contributed by atoms with Gasteiger partial charge in [-0.2, -0.15) is 0 Å². The quantitative estimate of drug-likeness (QED) is 0.854. The van der Waals surface area contributed by atoms with Crippen LogP contribution in [0.4, 0.5) is 0 Å². The van der Waals surface area contributed by atoms with Crippen LogP contribution in [-0.2, 0) is 11.2 Å². The van der Waals surface area contributed by atoms with Crippen molar-refractivity contribution in [1.29, 1.82) is 0 Å². The van der Waals surface area contributed by atoms with Crippen LogP contribution in [-0.4, -0.2) is 42.2 Å². The van der Waals surface area contributed by atoms with Crippen molar-refractivity contribution in [2.45, 2.75) is 32.3 Å². The maximum atomic E-state index is 12.0. The summed E-state index contributed by atoms with van der Waals surface area (Å²) in [5.74, 6) is 0.827. The number of hydrogen-bond donors (Lipinski definition) is 1. The van der Waals surface area contributed by atoms with Crippen LogP contribution >= 0.6 is 0 Å². The number of ether oxygens (including phenoxy) is 1. The molecule has 0 heterocycles. The third-order valence-electron chi connectivity index (χ3n) is 2.85. The van der Waals surface area contributed by atoms with Gasteiger partial charge in [0.1, 0.15) is 5.75 Å². The van der Waals surface area contributed by atoms with E-state index in [1.807, 2.05) is 24.3 Å². The number of benzene rings is 1. The molecule has 0 radical (unpaired) electrons. The zero-order valence-corrected chi connectivity index (χ0v) is 12.1. The fourth-order valence-corrected chi connectivity index (χ4v) is 2.01. The zero-order chi connectivity index (χ0) is 14.5. The molecule has 0 atom stereocenters. The number of aryl methyl sites for hydroxylation is 1. The van der Waals surface area contributed by atoms with E-state index in [9.17, 15) is 9.90 Å². The SMILES string of the molecule is COc1ccccc1CCC(=O)N(C)CC(C)(C)O. The molecule has 0 unspecified atom stereocenters. The Morgan fingerprint density at radius 3 is 2.58 bits per heavy atom. The Hall–Kier alpha value is -1.55. The fraction of sp³-hybridized carbons (Fsp3) is 0.533. The van der Waals surface area contributed by atoms with Crippen LogP contribution < -0.4 is 4.74 Å². The van der Waals surface area contributed by atoms with Crippen molar-refractivity contribution in [2.75, 3.05) is 20.7 Å². The van der Waals surface area contributed by atoms with E-state index in [0.29, 0.717) is 19.4 Å². The van der Waals surface area contributed by atoms with Gasteiger partial charge in [-0.3, -0.25) is 4.79 Å². The van der Waals surface area contributed by atoms with Crippen molar-refractivity contribution in [3.8, 4) is 5.75 Å². The van der Waals surface area contributed by atoms with Crippen molar-refractivity contribution in [3.05, 3.63) is 29.8 Å². The Labute approximate surface area is 115 Å². The van der Waals surface area contributed by atoms with E-state index < -0.39 is 5.60 Å². The summed E-state index contributed by atoms with van der Waals surface area (Å²) in [5.41, 5.74) is 0.157. The molecule has 0 fully saturated rings. The smallest absolute Gasteiger partial charge is 0.222 e. The average molecular weight is 265 g/mol. The van der Waals surface area contributed by atoms with Crippen LogP contribution in [0.1, 0.15) is 25.8 Å². The van der Waals surface area contributed by atoms with Crippen LogP contribution in [0.2, 0.25) is 0 Å². The predicted octanol–water partition coefficient (Wildman–Crippen LogP) is 1.86. The highest BCUT2D eigenvalue weighted by molar-refractivity contribution is 5.76. The largest absolute Gasteiger partial charge is 0.496 e. The molecule has 1 rings (SSSR count). The van der Waals surface area contributed by atoms with E-state index >= 15 is 0 Å². The van der Waals surface area contributed by atoms with Gasteiger partial charge in [-0.25, -0.2) is 0 Å². The van der Waals surface area contributed by atoms with Gasteiger partial charge < -0.3 is 14.7 Å². The molecule has 1 aromatic carbocycles. The van der Waals surface area contributed by atoms with Crippen molar-refractivity contribution in [1.82, 2.24) is 4.90 Å². The molecule has 0 saturated carbocycles. The number of nitrogens with zero attached hydrogens (tertiary/aromatic N) is 1. The van der Waals surface area contributed by atoms with Crippen molar-refractivity contribution in [2.24, 2.45) is 0 Å². The molecule has 0 aliphatic rings. The summed E-state index contributed by atoms with van der Waals surface area (Å²) in [6.07, 6.45) is 1.05. The van der Waals surface area contributed by atoms with Gasteiger partial charge in [0.2, 0.25) is 5.91 Å². The van der Waals surface area contributed by atoms with E-state index in [0.717, 1.165) is 11.3 Å². The van der Waals surface area contributed by atoms with E-state index in [2.05, 4.69) is 0 Å². The summed E-state index contributed by atoms with van der Waals surface area (Å²) in [7, 11) is 3.34. The normalized spacial score (nSPS) is 11.2. The first-order chi connectivity index (χ1) is 8.83. The lowest BCUT2D eigenvalue weighted by atomic mass is 10.1. The third kappa shape index (κ3) is 5.30. The standard InChI is InChI=1S/C15H23NO3/c1-15(2,18)11-16(3)14(17)10-9-12-7-5-6-8-13(12)19-4/h5-8,18H,9-11H2,1-4H3. The molecular weight excluding hydrogens is 242 g/mol. The number of likely N-dealkylation sites (N-methyl/N-ethyl adjacent to an activating group) is 1. The number of methoxy groups -OCH3 is 1. The Morgan fingerprint density at radius 1 is 1.37 bits per heavy atom. The number of amides is 1. The van der Waals surface area contributed by atoms with E-state index in [1.165, 1.54) is 0 Å². The molecule has 0 saturated heterocycles. The minimum atomic E-state index is -0.866. The van der Waals surface area contributed by atoms with Gasteiger partial charge in [-0.05, 0) is 31.9 Å². The van der Waals surface area contributed by atoms with Gasteiger partial charge in [0, 0.05) is 20.0 Å². The van der Waals surface area contributed by atoms with E-state index in [1.54, 1.807) is 32.9 Å². The van der Waals surface area contributed by atoms with Gasteiger partial charge in [0.25, 0.3) is 0 Å². The van der Waals surface area contributed by atoms with E-state index in [4.69, 9.17) is 4.74 Å². The van der Waals surface area contributed by atoms with Crippen LogP contribution in [0.5, 0.6) is 5.75 Å². The maximum Gasteiger partial charge on any atom is 0.222 e. The lowest BCUT2D eigenvalue weighted by Crippen LogP contribution is -2.39. The minimum absolute atomic E-state index is 0.0213. The van der Waals surface area contributed by atoms with Crippen LogP contribution in [0, 0.1) is 0 Å². The topological polar surface area (TPSA) is 49.8 Å². The molecule has 0 aliphatic carbocycles. The number of rotatable bonds is 6. The molecule has 4 heteroatoms. The predicted molar refractivity (Wildman–Crippen MR) is 75.2 cm³/mol. The van der Waals surface area contributed by atoms with Crippen LogP contribution in [0.3, 0.4) is 0 Å². The summed E-state index contributed by atoms with van der Waals surface area (Å²) >= 11 is 0. The van der Waals surface area contributed by atoms with E-state index in [-0.39, 0.29) is 5.91 Å². The van der Waals surface area contributed by atoms with Crippen LogP contribution in [0.25, 0.3) is 0 Å². The fourth-order valence-electron chi connectivity index (χ4n) is 2.01. The van der Waals surface area contributed by atoms with Gasteiger partial charge >= 0.3 is 0 Å². The Bertz CT molecular complexity index is 424. The van der Waals surface area contributed by atoms with Crippen molar-refractivity contribution in [3.63, 3.8) is 0 Å². The monoisotopic (exact) mass is 265 g/mol. The second kappa shape index (κ2) is 6.57. The number of carbonyl (C=O) groups is 1. The highest BCUT2D eigenvalue weighted by Crippen LogP contribution is 2.19. The summed E-state index contributed by atoms with van der Waals surface area (Å²) in [4.78, 5) is 13.5. The number of carbonyl (C=O) groups excluding carboxylic acids is 1. The molecule has 1 aromatic rings. The highest BCUT2D eigenvalue weighted by Gasteiger charge is 2.19. The zero-order valence-electron chi connectivity index (χ0n) is 12.1. The second-order valence-corrected chi connectivity index (χ2v) is 5.37. The van der Waals surface area contributed by atoms with Crippen molar-refractivity contribution >= 4 is 5.91 Å². The van der Waals surface area contributed by atoms with Gasteiger partial charge in [-0.15, -0.1) is 0 Å². The molecule has 19 heavy (non-hydrogen) atoms. The van der Waals surface area contributed by atoms with Gasteiger partial charge in [0.05, 0.1) is 12.7 Å². The summed E-state index contributed by atoms with van der Waals surface area (Å²) in [5, 5.41) is 9.69. The molecule has 1 amide bonds. The number of aliphatic hydroxyl groups is 1. The molecule has 0 bridgehead atoms. The first kappa shape index (κ1) is 15.5. The average Bonchev–Trinajstić information content (AvgIpc) is 2.34. The lowest BCUT2D eigenvalue weighted by molar-refractivity contribution is -0.132. The van der Waals surface area contributed by atoms with Gasteiger partial charge in [-0.1, -0.05) is 18.2 Å². The summed E-state index contributed by atoms with van der Waals surface area (Å²) in [6.45, 7) is 3.71. The molecule has 0 aromatic heterocycles. The van der Waals surface area contributed by atoms with Crippen LogP contribution in [0.15, 0.2) is 24.3 Å². The van der Waals surface area contributed by atoms with Gasteiger partial charge in [0.15, 0.2) is 0 Å².